The molecule has 0 fully saturated rings. The molecule has 0 bridgehead atoms. The Hall–Kier alpha value is 0.233. The second-order valence-electron chi connectivity index (χ2n) is 0.762. The molecule has 0 unspecified atom stereocenters. The predicted molar refractivity (Wildman–Crippen MR) is 21.5 cm³/mol. The van der Waals surface area contributed by atoms with Gasteiger partial charge in [0.05, 0.1) is 0 Å². The molecule has 0 aromatic carbocycles. The second-order valence-corrected chi connectivity index (χ2v) is 1.26. The van der Waals surface area contributed by atoms with Gasteiger partial charge >= 0.3 is 46.6 Å². The first kappa shape index (κ1) is 6.23. The van der Waals surface area contributed by atoms with Gasteiger partial charge in [-0.3, -0.25) is 0 Å². The Bertz CT molecular complexity index is 63.9. The molecular formula is C4H6ORu+. The van der Waals surface area contributed by atoms with Crippen molar-refractivity contribution in [3.63, 3.8) is 0 Å². The van der Waals surface area contributed by atoms with E-state index in [0.717, 1.165) is 0 Å². The molecular weight excluding hydrogens is 165 g/mol. The number of hydrogen-bond donors (Lipinski definition) is 0. The SMILES string of the molecule is COCC=[C]=[Ru+]. The van der Waals surface area contributed by atoms with Crippen molar-refractivity contribution < 1.29 is 22.6 Å². The summed E-state index contributed by atoms with van der Waals surface area (Å²) in [6, 6.07) is 0. The average Bonchev–Trinajstić information content (AvgIpc) is 1.61. The number of ether oxygens (including phenoxy) is 1. The Morgan fingerprint density at radius 2 is 2.67 bits per heavy atom. The zero-order valence-electron chi connectivity index (χ0n) is 3.55. The molecule has 0 heterocycles. The predicted octanol–water partition coefficient (Wildman–Crippen LogP) is 0.137. The van der Waals surface area contributed by atoms with Crippen molar-refractivity contribution >= 4 is 4.26 Å². The van der Waals surface area contributed by atoms with E-state index < -0.39 is 0 Å². The van der Waals surface area contributed by atoms with Gasteiger partial charge in [-0.15, -0.1) is 0 Å². The van der Waals surface area contributed by atoms with Crippen molar-refractivity contribution in [2.24, 2.45) is 0 Å². The van der Waals surface area contributed by atoms with Gasteiger partial charge in [0.1, 0.15) is 0 Å². The summed E-state index contributed by atoms with van der Waals surface area (Å²) < 4.78 is 7.40. The Labute approximate surface area is 47.2 Å². The molecule has 0 aliphatic carbocycles. The van der Waals surface area contributed by atoms with Crippen molar-refractivity contribution in [2.75, 3.05) is 13.7 Å². The van der Waals surface area contributed by atoms with E-state index in [-0.39, 0.29) is 0 Å². The van der Waals surface area contributed by atoms with Crippen LogP contribution < -0.4 is 0 Å². The van der Waals surface area contributed by atoms with Crippen LogP contribution in [0.25, 0.3) is 0 Å². The van der Waals surface area contributed by atoms with Crippen LogP contribution in [0.15, 0.2) is 6.08 Å². The van der Waals surface area contributed by atoms with Gasteiger partial charge in [-0.05, 0) is 0 Å². The fourth-order valence-corrected chi connectivity index (χ4v) is 0.258. The quantitative estimate of drug-likeness (QED) is 0.537. The summed E-state index contributed by atoms with van der Waals surface area (Å²) in [4.78, 5) is 0. The van der Waals surface area contributed by atoms with Crippen LogP contribution in [-0.4, -0.2) is 18.0 Å². The Morgan fingerprint density at radius 1 is 2.00 bits per heavy atom. The zero-order valence-corrected chi connectivity index (χ0v) is 5.28. The Kier molecular flexibility index (Phi) is 5.44. The molecule has 1 nitrogen and oxygen atoms in total. The van der Waals surface area contributed by atoms with E-state index in [1.807, 2.05) is 0 Å². The topological polar surface area (TPSA) is 9.23 Å². The van der Waals surface area contributed by atoms with Crippen LogP contribution in [0.3, 0.4) is 0 Å². The summed E-state index contributed by atoms with van der Waals surface area (Å²) in [6.45, 7) is 0.660. The van der Waals surface area contributed by atoms with Crippen LogP contribution in [0.4, 0.5) is 0 Å². The van der Waals surface area contributed by atoms with E-state index in [1.165, 1.54) is 0 Å². The van der Waals surface area contributed by atoms with Crippen LogP contribution in [0.2, 0.25) is 0 Å². The Morgan fingerprint density at radius 3 is 2.83 bits per heavy atom. The first-order valence-corrected chi connectivity index (χ1v) is 2.44. The molecule has 0 aromatic heterocycles. The number of methoxy groups -OCH3 is 1. The third-order valence-electron chi connectivity index (χ3n) is 0.322. The monoisotopic (exact) mass is 172 g/mol. The second kappa shape index (κ2) is 5.23. The average molecular weight is 171 g/mol. The molecule has 35 valence electrons. The van der Waals surface area contributed by atoms with Gasteiger partial charge in [0, 0.05) is 0 Å². The first-order valence-electron chi connectivity index (χ1n) is 1.57. The van der Waals surface area contributed by atoms with Crippen molar-refractivity contribution in [3.8, 4) is 0 Å². The molecule has 0 atom stereocenters. The summed E-state index contributed by atoms with van der Waals surface area (Å²) in [7, 11) is 1.65. The van der Waals surface area contributed by atoms with Gasteiger partial charge in [-0.2, -0.15) is 0 Å². The molecule has 2 heteroatoms. The summed E-state index contributed by atoms with van der Waals surface area (Å²) in [5.74, 6) is 0. The Balaban J connectivity index is 2.86. The zero-order chi connectivity index (χ0) is 4.83. The minimum atomic E-state index is 0.660. The summed E-state index contributed by atoms with van der Waals surface area (Å²) >= 11 is 2.26. The van der Waals surface area contributed by atoms with Crippen molar-refractivity contribution in [1.29, 1.82) is 0 Å². The normalized spacial score (nSPS) is 6.83. The molecule has 0 rings (SSSR count). The van der Waals surface area contributed by atoms with Crippen LogP contribution in [0, 0.1) is 0 Å². The van der Waals surface area contributed by atoms with E-state index in [4.69, 9.17) is 0 Å². The first-order chi connectivity index (χ1) is 2.91. The third kappa shape index (κ3) is 4.23. The maximum atomic E-state index is 4.65. The molecule has 0 spiro atoms. The van der Waals surface area contributed by atoms with Gasteiger partial charge in [0.15, 0.2) is 0 Å². The fraction of sp³-hybridized carbons (Fsp3) is 0.500. The van der Waals surface area contributed by atoms with Crippen molar-refractivity contribution in [1.82, 2.24) is 0 Å². The minimum absolute atomic E-state index is 0.660. The third-order valence-corrected chi connectivity index (χ3v) is 0.677. The van der Waals surface area contributed by atoms with Crippen LogP contribution in [0.1, 0.15) is 0 Å². The van der Waals surface area contributed by atoms with Gasteiger partial charge in [-0.25, -0.2) is 0 Å². The summed E-state index contributed by atoms with van der Waals surface area (Å²) in [5, 5.41) is 0. The van der Waals surface area contributed by atoms with Crippen molar-refractivity contribution in [3.05, 3.63) is 6.08 Å². The summed E-state index contributed by atoms with van der Waals surface area (Å²) in [5.41, 5.74) is 0. The molecule has 6 heavy (non-hydrogen) atoms. The molecule has 0 saturated carbocycles. The fourth-order valence-electron chi connectivity index (χ4n) is 0.113. The molecule has 0 aliphatic rings. The molecule has 0 aliphatic heterocycles. The standard InChI is InChI=1S/C4H6O.Ru/c1-3-4-5-2;/h3H,4H2,2H3;/q;+1. The van der Waals surface area contributed by atoms with E-state index in [1.54, 1.807) is 13.2 Å². The van der Waals surface area contributed by atoms with Crippen LogP contribution >= 0.6 is 0 Å². The number of rotatable bonds is 2. The van der Waals surface area contributed by atoms with Gasteiger partial charge < -0.3 is 0 Å². The van der Waals surface area contributed by atoms with Crippen molar-refractivity contribution in [2.45, 2.75) is 0 Å². The van der Waals surface area contributed by atoms with Gasteiger partial charge in [-0.1, -0.05) is 0 Å². The summed E-state index contributed by atoms with van der Waals surface area (Å²) in [6.07, 6.45) is 1.80. The molecule has 0 aromatic rings. The van der Waals surface area contributed by atoms with E-state index >= 15 is 0 Å². The van der Waals surface area contributed by atoms with E-state index in [0.29, 0.717) is 6.61 Å². The molecule has 0 amide bonds. The molecule has 0 N–H and O–H groups in total. The van der Waals surface area contributed by atoms with Gasteiger partial charge in [0.25, 0.3) is 0 Å². The van der Waals surface area contributed by atoms with Crippen LogP contribution in [-0.2, 0) is 22.6 Å². The molecule has 0 saturated heterocycles. The van der Waals surface area contributed by atoms with Gasteiger partial charge in [0.2, 0.25) is 0 Å². The van der Waals surface area contributed by atoms with E-state index in [9.17, 15) is 0 Å². The maximum absolute atomic E-state index is 4.65. The van der Waals surface area contributed by atoms with E-state index in [2.05, 4.69) is 26.9 Å². The van der Waals surface area contributed by atoms with Crippen LogP contribution in [0.5, 0.6) is 0 Å². The molecule has 0 radical (unpaired) electrons. The number of hydrogen-bond acceptors (Lipinski definition) is 1.